The van der Waals surface area contributed by atoms with Crippen molar-refractivity contribution in [3.63, 3.8) is 0 Å². The van der Waals surface area contributed by atoms with E-state index in [1.165, 1.54) is 30.1 Å². The van der Waals surface area contributed by atoms with Gasteiger partial charge in [-0.25, -0.2) is 9.82 Å². The number of amides is 1. The topological polar surface area (TPSA) is 41.5 Å². The summed E-state index contributed by atoms with van der Waals surface area (Å²) in [7, 11) is 0. The molecule has 3 nitrogen and oxygen atoms in total. The molecule has 0 heterocycles. The van der Waals surface area contributed by atoms with Gasteiger partial charge in [0.2, 0.25) is 5.91 Å². The summed E-state index contributed by atoms with van der Waals surface area (Å²) >= 11 is 7.37. The number of rotatable bonds is 6. The van der Waals surface area contributed by atoms with Crippen molar-refractivity contribution in [3.8, 4) is 0 Å². The molecule has 2 aromatic carbocycles. The highest BCUT2D eigenvalue weighted by atomic mass is 35.5. The summed E-state index contributed by atoms with van der Waals surface area (Å²) in [5.41, 5.74) is 4.22. The van der Waals surface area contributed by atoms with Crippen molar-refractivity contribution in [2.24, 2.45) is 5.10 Å². The van der Waals surface area contributed by atoms with Crippen molar-refractivity contribution in [3.05, 3.63) is 70.5 Å². The van der Waals surface area contributed by atoms with Crippen LogP contribution >= 0.6 is 23.4 Å². The Bertz CT molecular complexity index is 661. The fourth-order valence-electron chi connectivity index (χ4n) is 1.65. The van der Waals surface area contributed by atoms with Crippen LogP contribution in [0.4, 0.5) is 4.39 Å². The molecule has 22 heavy (non-hydrogen) atoms. The van der Waals surface area contributed by atoms with Crippen LogP contribution in [0.15, 0.2) is 53.6 Å². The van der Waals surface area contributed by atoms with Crippen LogP contribution in [0.3, 0.4) is 0 Å². The summed E-state index contributed by atoms with van der Waals surface area (Å²) in [5, 5.41) is 4.52. The third-order valence-corrected chi connectivity index (χ3v) is 3.90. The molecule has 1 N–H and O–H groups in total. The quantitative estimate of drug-likeness (QED) is 0.643. The zero-order valence-electron chi connectivity index (χ0n) is 11.6. The first kappa shape index (κ1) is 16.5. The van der Waals surface area contributed by atoms with Crippen molar-refractivity contribution in [1.29, 1.82) is 0 Å². The smallest absolute Gasteiger partial charge is 0.250 e. The summed E-state index contributed by atoms with van der Waals surface area (Å²) in [6, 6.07) is 13.4. The molecule has 0 saturated heterocycles. The predicted octanol–water partition coefficient (Wildman–Crippen LogP) is 3.86. The van der Waals surface area contributed by atoms with Gasteiger partial charge in [0.15, 0.2) is 0 Å². The Balaban J connectivity index is 1.70. The van der Waals surface area contributed by atoms with Crippen LogP contribution in [0, 0.1) is 5.82 Å². The lowest BCUT2D eigenvalue weighted by Gasteiger charge is -2.02. The first-order valence-electron chi connectivity index (χ1n) is 6.53. The Labute approximate surface area is 137 Å². The van der Waals surface area contributed by atoms with Crippen LogP contribution in [0.25, 0.3) is 0 Å². The molecule has 0 unspecified atom stereocenters. The second kappa shape index (κ2) is 8.56. The number of thioether (sulfide) groups is 1. The van der Waals surface area contributed by atoms with E-state index >= 15 is 0 Å². The molecular formula is C16H14ClFN2OS. The Morgan fingerprint density at radius 1 is 1.27 bits per heavy atom. The van der Waals surface area contributed by atoms with E-state index in [9.17, 15) is 9.18 Å². The number of hydrogen-bond donors (Lipinski definition) is 1. The van der Waals surface area contributed by atoms with Crippen molar-refractivity contribution < 1.29 is 9.18 Å². The van der Waals surface area contributed by atoms with Crippen molar-refractivity contribution in [2.75, 3.05) is 5.75 Å². The van der Waals surface area contributed by atoms with E-state index in [0.717, 1.165) is 5.56 Å². The highest BCUT2D eigenvalue weighted by Gasteiger charge is 2.01. The van der Waals surface area contributed by atoms with Gasteiger partial charge in [0, 0.05) is 10.8 Å². The molecule has 0 saturated carbocycles. The summed E-state index contributed by atoms with van der Waals surface area (Å²) in [6.45, 7) is 0. The van der Waals surface area contributed by atoms with E-state index in [1.54, 1.807) is 12.1 Å². The molecule has 114 valence electrons. The summed E-state index contributed by atoms with van der Waals surface area (Å²) in [6.07, 6.45) is 1.47. The fourth-order valence-corrected chi connectivity index (χ4v) is 2.63. The molecule has 2 rings (SSSR count). The van der Waals surface area contributed by atoms with Crippen LogP contribution in [-0.2, 0) is 10.5 Å². The molecule has 0 aliphatic rings. The van der Waals surface area contributed by atoms with Gasteiger partial charge in [0.05, 0.1) is 12.0 Å². The third kappa shape index (κ3) is 5.87. The minimum Gasteiger partial charge on any atom is -0.272 e. The summed E-state index contributed by atoms with van der Waals surface area (Å²) in [5.74, 6) is 0.507. The molecule has 2 aromatic rings. The zero-order valence-corrected chi connectivity index (χ0v) is 13.2. The molecule has 0 bridgehead atoms. The van der Waals surface area contributed by atoms with E-state index in [-0.39, 0.29) is 11.7 Å². The summed E-state index contributed by atoms with van der Waals surface area (Å²) in [4.78, 5) is 11.6. The Morgan fingerprint density at radius 2 is 2.05 bits per heavy atom. The van der Waals surface area contributed by atoms with E-state index in [2.05, 4.69) is 10.5 Å². The number of benzene rings is 2. The largest absolute Gasteiger partial charge is 0.272 e. The Kier molecular flexibility index (Phi) is 6.43. The highest BCUT2D eigenvalue weighted by Crippen LogP contribution is 2.16. The molecule has 0 spiro atoms. The second-order valence-corrected chi connectivity index (χ2v) is 5.89. The number of hydrazone groups is 1. The van der Waals surface area contributed by atoms with Crippen LogP contribution in [0.1, 0.15) is 11.1 Å². The fraction of sp³-hybridized carbons (Fsp3) is 0.125. The molecule has 0 aromatic heterocycles. The number of halogens is 2. The van der Waals surface area contributed by atoms with Gasteiger partial charge in [-0.05, 0) is 35.4 Å². The first-order valence-corrected chi connectivity index (χ1v) is 8.06. The Hall–Kier alpha value is -1.85. The molecule has 0 aliphatic carbocycles. The SMILES string of the molecule is O=C(CSCc1cccc(Cl)c1)N/N=C\c1ccc(F)cc1. The lowest BCUT2D eigenvalue weighted by atomic mass is 10.2. The van der Waals surface area contributed by atoms with Gasteiger partial charge in [0.1, 0.15) is 5.82 Å². The van der Waals surface area contributed by atoms with E-state index in [0.29, 0.717) is 22.1 Å². The van der Waals surface area contributed by atoms with Gasteiger partial charge in [-0.1, -0.05) is 35.9 Å². The zero-order chi connectivity index (χ0) is 15.8. The van der Waals surface area contributed by atoms with E-state index < -0.39 is 0 Å². The molecule has 6 heteroatoms. The summed E-state index contributed by atoms with van der Waals surface area (Å²) < 4.78 is 12.7. The number of nitrogens with one attached hydrogen (secondary N) is 1. The van der Waals surface area contributed by atoms with Crippen LogP contribution in [0.5, 0.6) is 0 Å². The maximum atomic E-state index is 12.7. The molecule has 0 fully saturated rings. The normalized spacial score (nSPS) is 10.8. The average Bonchev–Trinajstić information content (AvgIpc) is 2.49. The van der Waals surface area contributed by atoms with Gasteiger partial charge in [-0.3, -0.25) is 4.79 Å². The minimum atomic E-state index is -0.307. The predicted molar refractivity (Wildman–Crippen MR) is 89.8 cm³/mol. The first-order chi connectivity index (χ1) is 10.6. The third-order valence-electron chi connectivity index (χ3n) is 2.66. The minimum absolute atomic E-state index is 0.189. The van der Waals surface area contributed by atoms with Crippen molar-refractivity contribution >= 4 is 35.5 Å². The average molecular weight is 337 g/mol. The van der Waals surface area contributed by atoms with Gasteiger partial charge >= 0.3 is 0 Å². The van der Waals surface area contributed by atoms with Gasteiger partial charge in [-0.15, -0.1) is 11.8 Å². The molecule has 0 aliphatic heterocycles. The van der Waals surface area contributed by atoms with Crippen LogP contribution in [-0.4, -0.2) is 17.9 Å². The molecular weight excluding hydrogens is 323 g/mol. The molecule has 1 amide bonds. The Morgan fingerprint density at radius 3 is 2.77 bits per heavy atom. The number of carbonyl (C=O) groups excluding carboxylic acids is 1. The number of hydrogen-bond acceptors (Lipinski definition) is 3. The van der Waals surface area contributed by atoms with Crippen LogP contribution < -0.4 is 5.43 Å². The standard InChI is InChI=1S/C16H14ClFN2OS/c17-14-3-1-2-13(8-14)10-22-11-16(21)20-19-9-12-4-6-15(18)7-5-12/h1-9H,10-11H2,(H,20,21)/b19-9-. The van der Waals surface area contributed by atoms with Gasteiger partial charge < -0.3 is 0 Å². The van der Waals surface area contributed by atoms with Crippen LogP contribution in [0.2, 0.25) is 5.02 Å². The molecule has 0 atom stereocenters. The highest BCUT2D eigenvalue weighted by molar-refractivity contribution is 7.99. The lowest BCUT2D eigenvalue weighted by molar-refractivity contribution is -0.118. The van der Waals surface area contributed by atoms with Crippen molar-refractivity contribution in [2.45, 2.75) is 5.75 Å². The molecule has 0 radical (unpaired) electrons. The van der Waals surface area contributed by atoms with E-state index in [1.807, 2.05) is 24.3 Å². The monoisotopic (exact) mass is 336 g/mol. The maximum Gasteiger partial charge on any atom is 0.250 e. The lowest BCUT2D eigenvalue weighted by Crippen LogP contribution is -2.19. The van der Waals surface area contributed by atoms with Crippen molar-refractivity contribution in [1.82, 2.24) is 5.43 Å². The van der Waals surface area contributed by atoms with Gasteiger partial charge in [0.25, 0.3) is 0 Å². The number of nitrogens with zero attached hydrogens (tertiary/aromatic N) is 1. The maximum absolute atomic E-state index is 12.7. The second-order valence-electron chi connectivity index (χ2n) is 4.47. The van der Waals surface area contributed by atoms with Gasteiger partial charge in [-0.2, -0.15) is 5.10 Å². The van der Waals surface area contributed by atoms with E-state index in [4.69, 9.17) is 11.6 Å². The number of carbonyl (C=O) groups is 1.